The first-order valence-corrected chi connectivity index (χ1v) is 10.2. The van der Waals surface area contributed by atoms with Gasteiger partial charge >= 0.3 is 5.97 Å². The summed E-state index contributed by atoms with van der Waals surface area (Å²) in [6.07, 6.45) is 1.36. The molecular weight excluding hydrogens is 428 g/mol. The van der Waals surface area contributed by atoms with Crippen LogP contribution in [0, 0.1) is 10.1 Å². The number of nitrogens with one attached hydrogen (secondary N) is 2. The molecule has 2 unspecified atom stereocenters. The van der Waals surface area contributed by atoms with Crippen LogP contribution in [0.3, 0.4) is 0 Å². The van der Waals surface area contributed by atoms with E-state index >= 15 is 0 Å². The average Bonchev–Trinajstić information content (AvgIpc) is 3.27. The molecule has 31 heavy (non-hydrogen) atoms. The molecule has 0 spiro atoms. The lowest BCUT2D eigenvalue weighted by molar-refractivity contribution is -0.384. The van der Waals surface area contributed by atoms with Gasteiger partial charge in [-0.05, 0) is 31.1 Å². The molecule has 0 radical (unpaired) electrons. The molecule has 1 aromatic rings. The Morgan fingerprint density at radius 3 is 2.94 bits per heavy atom. The van der Waals surface area contributed by atoms with Crippen LogP contribution in [-0.4, -0.2) is 71.2 Å². The second-order valence-electron chi connectivity index (χ2n) is 7.09. The van der Waals surface area contributed by atoms with E-state index in [-0.39, 0.29) is 48.6 Å². The molecule has 2 fully saturated rings. The van der Waals surface area contributed by atoms with E-state index in [1.807, 2.05) is 0 Å². The van der Waals surface area contributed by atoms with Gasteiger partial charge in [-0.2, -0.15) is 0 Å². The Bertz CT molecular complexity index is 888. The maximum Gasteiger partial charge on any atom is 0.308 e. The summed E-state index contributed by atoms with van der Waals surface area (Å²) < 4.78 is 10.6. The Hall–Kier alpha value is -3.12. The molecule has 3 rings (SSSR count). The third-order valence-corrected chi connectivity index (χ3v) is 5.28. The van der Waals surface area contributed by atoms with Gasteiger partial charge in [-0.25, -0.2) is 0 Å². The predicted octanol–water partition coefficient (Wildman–Crippen LogP) is 0.522. The van der Waals surface area contributed by atoms with Crippen LogP contribution >= 0.6 is 12.2 Å². The van der Waals surface area contributed by atoms with Crippen LogP contribution in [0.2, 0.25) is 0 Å². The summed E-state index contributed by atoms with van der Waals surface area (Å²) in [5.41, 5.74) is -0.187. The molecule has 2 N–H and O–H groups in total. The van der Waals surface area contributed by atoms with Crippen LogP contribution in [0.1, 0.15) is 29.6 Å². The van der Waals surface area contributed by atoms with Gasteiger partial charge in [0.2, 0.25) is 5.91 Å². The van der Waals surface area contributed by atoms with Crippen molar-refractivity contribution in [1.29, 1.82) is 0 Å². The highest BCUT2D eigenvalue weighted by atomic mass is 32.1. The molecule has 0 aliphatic carbocycles. The number of carbonyl (C=O) groups is 3. The fraction of sp³-hybridized carbons (Fsp3) is 0.474. The van der Waals surface area contributed by atoms with Gasteiger partial charge in [0.25, 0.3) is 11.6 Å². The van der Waals surface area contributed by atoms with Crippen molar-refractivity contribution in [3.63, 3.8) is 0 Å². The monoisotopic (exact) mass is 450 g/mol. The van der Waals surface area contributed by atoms with Crippen molar-refractivity contribution >= 4 is 40.8 Å². The maximum absolute atomic E-state index is 12.5. The largest absolute Gasteiger partial charge is 0.463 e. The van der Waals surface area contributed by atoms with Crippen molar-refractivity contribution in [2.24, 2.45) is 0 Å². The number of rotatable bonds is 6. The smallest absolute Gasteiger partial charge is 0.308 e. The van der Waals surface area contributed by atoms with E-state index in [4.69, 9.17) is 21.7 Å². The van der Waals surface area contributed by atoms with Crippen LogP contribution < -0.4 is 10.6 Å². The van der Waals surface area contributed by atoms with Gasteiger partial charge in [0, 0.05) is 37.4 Å². The lowest BCUT2D eigenvalue weighted by atomic mass is 10.1. The highest BCUT2D eigenvalue weighted by molar-refractivity contribution is 7.80. The van der Waals surface area contributed by atoms with Gasteiger partial charge < -0.3 is 19.7 Å². The van der Waals surface area contributed by atoms with E-state index in [0.717, 1.165) is 18.9 Å². The number of ether oxygens (including phenoxy) is 2. The SMILES string of the molecule is O=C(CC1C(=O)NCCN1C(=S)NC(=O)c1cccc([N+](=O)[O-])c1)OCC1CCCO1. The van der Waals surface area contributed by atoms with Crippen molar-refractivity contribution in [3.8, 4) is 0 Å². The molecule has 12 heteroatoms. The van der Waals surface area contributed by atoms with Crippen LogP contribution in [0.4, 0.5) is 5.69 Å². The van der Waals surface area contributed by atoms with E-state index in [2.05, 4.69) is 10.6 Å². The number of non-ortho nitro benzene ring substituents is 1. The maximum atomic E-state index is 12.5. The van der Waals surface area contributed by atoms with Gasteiger partial charge in [-0.1, -0.05) is 6.07 Å². The van der Waals surface area contributed by atoms with E-state index < -0.39 is 28.7 Å². The number of piperazine rings is 1. The highest BCUT2D eigenvalue weighted by Crippen LogP contribution is 2.16. The van der Waals surface area contributed by atoms with Gasteiger partial charge in [-0.15, -0.1) is 0 Å². The zero-order valence-electron chi connectivity index (χ0n) is 16.6. The lowest BCUT2D eigenvalue weighted by Gasteiger charge is -2.36. The van der Waals surface area contributed by atoms with Crippen molar-refractivity contribution in [2.45, 2.75) is 31.4 Å². The molecule has 2 heterocycles. The molecule has 2 aliphatic heterocycles. The summed E-state index contributed by atoms with van der Waals surface area (Å²) in [7, 11) is 0. The summed E-state index contributed by atoms with van der Waals surface area (Å²) in [5, 5.41) is 16.0. The van der Waals surface area contributed by atoms with Crippen molar-refractivity contribution in [1.82, 2.24) is 15.5 Å². The number of thiocarbonyl (C=S) groups is 1. The molecular formula is C19H22N4O7S. The second-order valence-corrected chi connectivity index (χ2v) is 7.48. The number of nitrogens with zero attached hydrogens (tertiary/aromatic N) is 2. The Morgan fingerprint density at radius 1 is 1.42 bits per heavy atom. The van der Waals surface area contributed by atoms with Gasteiger partial charge in [0.15, 0.2) is 5.11 Å². The van der Waals surface area contributed by atoms with E-state index in [1.165, 1.54) is 23.1 Å². The molecule has 2 aliphatic rings. The van der Waals surface area contributed by atoms with Crippen LogP contribution in [0.15, 0.2) is 24.3 Å². The lowest BCUT2D eigenvalue weighted by Crippen LogP contribution is -2.60. The molecule has 2 saturated heterocycles. The summed E-state index contributed by atoms with van der Waals surface area (Å²) in [6.45, 7) is 1.33. The second kappa shape index (κ2) is 10.3. The average molecular weight is 450 g/mol. The fourth-order valence-electron chi connectivity index (χ4n) is 3.34. The third-order valence-electron chi connectivity index (χ3n) is 4.95. The first kappa shape index (κ1) is 22.6. The third kappa shape index (κ3) is 5.95. The molecule has 2 amide bonds. The molecule has 0 aromatic heterocycles. The predicted molar refractivity (Wildman–Crippen MR) is 111 cm³/mol. The van der Waals surface area contributed by atoms with Crippen LogP contribution in [0.25, 0.3) is 0 Å². The first-order chi connectivity index (χ1) is 14.8. The standard InChI is InChI=1S/C19H22N4O7S/c24-16(30-11-14-5-2-8-29-14)10-15-18(26)20-6-7-22(15)19(31)21-17(25)12-3-1-4-13(9-12)23(27)28/h1,3-4,9,14-15H,2,5-8,10-11H2,(H,20,26)(H,21,25,31). The Kier molecular flexibility index (Phi) is 7.47. The number of benzene rings is 1. The fourth-order valence-corrected chi connectivity index (χ4v) is 3.65. The topological polar surface area (TPSA) is 140 Å². The zero-order chi connectivity index (χ0) is 22.4. The first-order valence-electron chi connectivity index (χ1n) is 9.76. The van der Waals surface area contributed by atoms with Crippen molar-refractivity contribution in [2.75, 3.05) is 26.3 Å². The van der Waals surface area contributed by atoms with Gasteiger partial charge in [0.1, 0.15) is 12.6 Å². The minimum Gasteiger partial charge on any atom is -0.463 e. The summed E-state index contributed by atoms with van der Waals surface area (Å²) >= 11 is 5.28. The summed E-state index contributed by atoms with van der Waals surface area (Å²) in [5.74, 6) is -1.64. The van der Waals surface area contributed by atoms with Gasteiger partial charge in [0.05, 0.1) is 17.4 Å². The molecule has 166 valence electrons. The molecule has 0 bridgehead atoms. The summed E-state index contributed by atoms with van der Waals surface area (Å²) in [6, 6.07) is 4.25. The van der Waals surface area contributed by atoms with E-state index in [0.29, 0.717) is 6.61 Å². The number of carbonyl (C=O) groups excluding carboxylic acids is 3. The van der Waals surface area contributed by atoms with Crippen molar-refractivity contribution in [3.05, 3.63) is 39.9 Å². The van der Waals surface area contributed by atoms with E-state index in [1.54, 1.807) is 0 Å². The number of esters is 1. The minimum absolute atomic E-state index is 0.0468. The Balaban J connectivity index is 1.61. The van der Waals surface area contributed by atoms with Crippen LogP contribution in [0.5, 0.6) is 0 Å². The molecule has 2 atom stereocenters. The normalized spacial score (nSPS) is 20.6. The number of amides is 2. The van der Waals surface area contributed by atoms with Crippen LogP contribution in [-0.2, 0) is 19.1 Å². The summed E-state index contributed by atoms with van der Waals surface area (Å²) in [4.78, 5) is 48.8. The molecule has 1 aromatic carbocycles. The van der Waals surface area contributed by atoms with Gasteiger partial charge in [-0.3, -0.25) is 29.8 Å². The quantitative estimate of drug-likeness (QED) is 0.275. The van der Waals surface area contributed by atoms with E-state index in [9.17, 15) is 24.5 Å². The Morgan fingerprint density at radius 2 is 2.23 bits per heavy atom. The molecule has 11 nitrogen and oxygen atoms in total. The number of hydrogen-bond donors (Lipinski definition) is 2. The number of hydrogen-bond acceptors (Lipinski definition) is 8. The zero-order valence-corrected chi connectivity index (χ0v) is 17.4. The Labute approximate surface area is 183 Å². The van der Waals surface area contributed by atoms with Crippen molar-refractivity contribution < 1.29 is 28.8 Å². The highest BCUT2D eigenvalue weighted by Gasteiger charge is 2.34. The molecule has 0 saturated carbocycles. The number of nitro groups is 1. The minimum atomic E-state index is -0.941. The number of nitro benzene ring substituents is 1.